The average molecular weight is 535 g/mol. The van der Waals surface area contributed by atoms with Crippen LogP contribution in [0.1, 0.15) is 65.9 Å². The van der Waals surface area contributed by atoms with Crippen LogP contribution in [-0.2, 0) is 15.0 Å². The van der Waals surface area contributed by atoms with Gasteiger partial charge in [-0.05, 0) is 128 Å². The molecule has 0 saturated carbocycles. The van der Waals surface area contributed by atoms with Crippen molar-refractivity contribution in [2.45, 2.75) is 47.0 Å². The number of phenols is 2. The number of ketones is 3. The van der Waals surface area contributed by atoms with E-state index < -0.39 is 10.8 Å². The van der Waals surface area contributed by atoms with E-state index in [4.69, 9.17) is 4.74 Å². The van der Waals surface area contributed by atoms with Gasteiger partial charge < -0.3 is 14.9 Å². The van der Waals surface area contributed by atoms with Crippen molar-refractivity contribution in [3.05, 3.63) is 87.0 Å². The topological polar surface area (TPSA) is 101 Å². The standard InChI is InChI=1S/C34H30O6/c1-15-8-19-17(11-25(15)35)18-10-22(31(38)33(3,4)23(18)13-26(19)36)30-29-21-12-28(40-7)16(2)9-20(21)27(37)14-24(29)34(5,6)32(30)39/h8-14,35,37H,1-7H3/b30-22+. The number of benzene rings is 3. The Bertz CT molecular complexity index is 1860. The molecule has 0 heterocycles. The summed E-state index contributed by atoms with van der Waals surface area (Å²) >= 11 is 0. The van der Waals surface area contributed by atoms with E-state index in [0.717, 1.165) is 5.56 Å². The first-order valence-corrected chi connectivity index (χ1v) is 13.2. The van der Waals surface area contributed by atoms with E-state index in [1.165, 1.54) is 6.08 Å². The fourth-order valence-electron chi connectivity index (χ4n) is 6.41. The minimum atomic E-state index is -1.12. The number of hydrogen-bond acceptors (Lipinski definition) is 6. The Morgan fingerprint density at radius 3 is 2.10 bits per heavy atom. The Morgan fingerprint density at radius 1 is 0.725 bits per heavy atom. The normalized spacial score (nSPS) is 20.6. The Labute approximate surface area is 232 Å². The lowest BCUT2D eigenvalue weighted by atomic mass is 9.64. The van der Waals surface area contributed by atoms with Crippen molar-refractivity contribution in [2.75, 3.05) is 7.11 Å². The number of methoxy groups -OCH3 is 1. The van der Waals surface area contributed by atoms with Gasteiger partial charge in [-0.15, -0.1) is 0 Å². The molecular formula is C34H30O6. The lowest BCUT2D eigenvalue weighted by Gasteiger charge is -2.36. The minimum absolute atomic E-state index is 0.0463. The van der Waals surface area contributed by atoms with E-state index in [9.17, 15) is 24.6 Å². The van der Waals surface area contributed by atoms with Gasteiger partial charge in [0.25, 0.3) is 0 Å². The van der Waals surface area contributed by atoms with Crippen LogP contribution in [0.5, 0.6) is 17.2 Å². The minimum Gasteiger partial charge on any atom is -0.508 e. The molecule has 3 aromatic rings. The van der Waals surface area contributed by atoms with E-state index >= 15 is 0 Å². The van der Waals surface area contributed by atoms with Crippen LogP contribution in [0.3, 0.4) is 0 Å². The molecule has 3 aliphatic rings. The van der Waals surface area contributed by atoms with E-state index in [2.05, 4.69) is 0 Å². The molecular weight excluding hydrogens is 504 g/mol. The number of aromatic hydroxyl groups is 2. The first kappa shape index (κ1) is 25.8. The van der Waals surface area contributed by atoms with E-state index in [1.54, 1.807) is 66.0 Å². The Balaban J connectivity index is 1.77. The maximum Gasteiger partial charge on any atom is 0.186 e. The zero-order valence-corrected chi connectivity index (χ0v) is 23.6. The van der Waals surface area contributed by atoms with Crippen molar-refractivity contribution in [3.63, 3.8) is 0 Å². The van der Waals surface area contributed by atoms with Gasteiger partial charge in [-0.3, -0.25) is 14.4 Å². The summed E-state index contributed by atoms with van der Waals surface area (Å²) in [6.45, 7) is 10.7. The number of ether oxygens (including phenoxy) is 1. The van der Waals surface area contributed by atoms with Gasteiger partial charge in [0.1, 0.15) is 17.2 Å². The van der Waals surface area contributed by atoms with Crippen LogP contribution in [-0.4, -0.2) is 34.7 Å². The molecule has 3 aromatic carbocycles. The molecule has 0 fully saturated rings. The first-order valence-electron chi connectivity index (χ1n) is 13.2. The highest BCUT2D eigenvalue weighted by atomic mass is 16.5. The Kier molecular flexibility index (Phi) is 5.19. The van der Waals surface area contributed by atoms with Crippen molar-refractivity contribution in [2.24, 2.45) is 5.41 Å². The number of phenolic OH excluding ortho intramolecular Hbond substituents is 2. The largest absolute Gasteiger partial charge is 0.508 e. The second-order valence-electron chi connectivity index (χ2n) is 12.0. The van der Waals surface area contributed by atoms with Crippen LogP contribution in [0.15, 0.2) is 53.6 Å². The van der Waals surface area contributed by atoms with E-state index in [1.807, 2.05) is 19.1 Å². The fourth-order valence-corrected chi connectivity index (χ4v) is 6.41. The van der Waals surface area contributed by atoms with Crippen LogP contribution in [0.2, 0.25) is 0 Å². The van der Waals surface area contributed by atoms with Crippen LogP contribution < -0.4 is 4.74 Å². The Morgan fingerprint density at radius 2 is 1.43 bits per heavy atom. The third-order valence-electron chi connectivity index (χ3n) is 8.85. The number of Topliss-reactive ketones (excluding diaryl/α,β-unsaturated/α-hetero) is 2. The average Bonchev–Trinajstić information content (AvgIpc) is 3.08. The van der Waals surface area contributed by atoms with Gasteiger partial charge in [0.15, 0.2) is 17.3 Å². The van der Waals surface area contributed by atoms with Crippen molar-refractivity contribution >= 4 is 39.3 Å². The van der Waals surface area contributed by atoms with Gasteiger partial charge in [-0.25, -0.2) is 0 Å². The summed E-state index contributed by atoms with van der Waals surface area (Å²) in [5, 5.41) is 22.7. The predicted molar refractivity (Wildman–Crippen MR) is 154 cm³/mol. The quantitative estimate of drug-likeness (QED) is 0.355. The van der Waals surface area contributed by atoms with Crippen molar-refractivity contribution in [1.82, 2.24) is 0 Å². The van der Waals surface area contributed by atoms with Crippen molar-refractivity contribution in [3.8, 4) is 17.2 Å². The molecule has 6 nitrogen and oxygen atoms in total. The number of carbonyl (C=O) groups is 3. The molecule has 0 aliphatic heterocycles. The summed E-state index contributed by atoms with van der Waals surface area (Å²) in [5.41, 5.74) is 3.21. The monoisotopic (exact) mass is 534 g/mol. The summed E-state index contributed by atoms with van der Waals surface area (Å²) < 4.78 is 5.58. The molecule has 0 amide bonds. The summed E-state index contributed by atoms with van der Waals surface area (Å²) in [6, 6.07) is 8.47. The highest BCUT2D eigenvalue weighted by molar-refractivity contribution is 6.38. The molecule has 0 saturated heterocycles. The second kappa shape index (κ2) is 8.04. The van der Waals surface area contributed by atoms with Crippen LogP contribution in [0, 0.1) is 19.3 Å². The molecule has 6 heteroatoms. The molecule has 0 bridgehead atoms. The Hall–Kier alpha value is -4.45. The van der Waals surface area contributed by atoms with Crippen molar-refractivity contribution < 1.29 is 29.3 Å². The molecule has 40 heavy (non-hydrogen) atoms. The van der Waals surface area contributed by atoms with Gasteiger partial charge in [0.2, 0.25) is 0 Å². The van der Waals surface area contributed by atoms with Crippen LogP contribution >= 0.6 is 0 Å². The van der Waals surface area contributed by atoms with Gasteiger partial charge in [0.05, 0.1) is 17.9 Å². The molecule has 0 radical (unpaired) electrons. The second-order valence-corrected chi connectivity index (χ2v) is 12.0. The van der Waals surface area contributed by atoms with Gasteiger partial charge in [-0.1, -0.05) is 0 Å². The summed E-state index contributed by atoms with van der Waals surface area (Å²) in [4.78, 5) is 41.6. The maximum absolute atomic E-state index is 14.2. The molecule has 0 unspecified atom stereocenters. The first-order chi connectivity index (χ1) is 18.7. The molecule has 2 N–H and O–H groups in total. The van der Waals surface area contributed by atoms with E-state index in [-0.39, 0.29) is 40.0 Å². The van der Waals surface area contributed by atoms with Crippen LogP contribution in [0.4, 0.5) is 0 Å². The fraction of sp³-hybridized carbons (Fsp3) is 0.265. The molecule has 202 valence electrons. The maximum atomic E-state index is 14.2. The van der Waals surface area contributed by atoms with Gasteiger partial charge in [-0.2, -0.15) is 0 Å². The zero-order valence-electron chi connectivity index (χ0n) is 23.6. The highest BCUT2D eigenvalue weighted by Gasteiger charge is 2.49. The predicted octanol–water partition coefficient (Wildman–Crippen LogP) is 6.31. The number of hydrogen-bond donors (Lipinski definition) is 2. The molecule has 0 spiro atoms. The lowest BCUT2D eigenvalue weighted by molar-refractivity contribution is -0.122. The summed E-state index contributed by atoms with van der Waals surface area (Å²) in [7, 11) is 1.57. The number of allylic oxidation sites excluding steroid dienone is 6. The third kappa shape index (κ3) is 3.19. The molecule has 0 atom stereocenters. The van der Waals surface area contributed by atoms with Gasteiger partial charge in [0, 0.05) is 22.1 Å². The van der Waals surface area contributed by atoms with Crippen molar-refractivity contribution in [1.29, 1.82) is 0 Å². The SMILES string of the molecule is COc1cc2c3c(cc(O)c2cc1C)C(C)(C)C(=O)/C3=C1\C=C2C(=CC(=O)c3cc(C)c(O)cc32)C(C)(C)C1=O. The lowest BCUT2D eigenvalue weighted by Crippen LogP contribution is -2.35. The smallest absolute Gasteiger partial charge is 0.186 e. The van der Waals surface area contributed by atoms with Crippen LogP contribution in [0.25, 0.3) is 21.9 Å². The molecule has 6 rings (SSSR count). The number of fused-ring (bicyclic) bond motifs is 6. The highest BCUT2D eigenvalue weighted by Crippen LogP contribution is 2.54. The zero-order chi connectivity index (χ0) is 29.0. The van der Waals surface area contributed by atoms with Gasteiger partial charge >= 0.3 is 0 Å². The number of rotatable bonds is 1. The number of aryl methyl sites for hydroxylation is 2. The summed E-state index contributed by atoms with van der Waals surface area (Å²) in [6.07, 6.45) is 3.20. The van der Waals surface area contributed by atoms with E-state index in [0.29, 0.717) is 55.5 Å². The summed E-state index contributed by atoms with van der Waals surface area (Å²) in [5.74, 6) is -0.0273. The molecule has 3 aliphatic carbocycles. The third-order valence-corrected chi connectivity index (χ3v) is 8.85. The number of carbonyl (C=O) groups excluding carboxylic acids is 3. The molecule has 0 aromatic heterocycles.